The van der Waals surface area contributed by atoms with Crippen LogP contribution in [0.15, 0.2) is 60.9 Å². The van der Waals surface area contributed by atoms with Gasteiger partial charge in [0.05, 0.1) is 17.6 Å². The Morgan fingerprint density at radius 1 is 1.00 bits per heavy atom. The number of pyridine rings is 1. The highest BCUT2D eigenvalue weighted by molar-refractivity contribution is 5.85. The fraction of sp³-hybridized carbons (Fsp3) is 0.261. The molecule has 136 valence electrons. The number of ether oxygens (including phenoxy) is 1. The molecule has 2 aromatic carbocycles. The summed E-state index contributed by atoms with van der Waals surface area (Å²) in [4.78, 5) is 4.36. The van der Waals surface area contributed by atoms with Gasteiger partial charge in [0.1, 0.15) is 12.4 Å². The van der Waals surface area contributed by atoms with Gasteiger partial charge in [-0.15, -0.1) is 0 Å². The van der Waals surface area contributed by atoms with Gasteiger partial charge < -0.3 is 14.6 Å². The normalized spacial score (nSPS) is 14.2. The van der Waals surface area contributed by atoms with Crippen LogP contribution in [-0.2, 0) is 19.4 Å². The Hall–Kier alpha value is -2.85. The average Bonchev–Trinajstić information content (AvgIpc) is 2.96. The molecular weight excluding hydrogens is 334 g/mol. The highest BCUT2D eigenvalue weighted by atomic mass is 16.5. The Bertz CT molecular complexity index is 1100. The molecule has 1 N–H and O–H groups in total. The molecule has 0 unspecified atom stereocenters. The lowest BCUT2D eigenvalue weighted by Crippen LogP contribution is -2.16. The summed E-state index contributed by atoms with van der Waals surface area (Å²) in [6.07, 6.45) is 6.21. The number of nitrogens with zero attached hydrogens (tertiary/aromatic N) is 2. The number of benzene rings is 2. The molecule has 0 aliphatic carbocycles. The van der Waals surface area contributed by atoms with E-state index in [2.05, 4.69) is 51.4 Å². The molecule has 0 amide bonds. The Labute approximate surface area is 158 Å². The van der Waals surface area contributed by atoms with Crippen LogP contribution < -0.4 is 10.1 Å². The van der Waals surface area contributed by atoms with Gasteiger partial charge in [0.2, 0.25) is 0 Å². The Morgan fingerprint density at radius 3 is 2.96 bits per heavy atom. The van der Waals surface area contributed by atoms with Crippen molar-refractivity contribution in [3.05, 3.63) is 72.1 Å². The van der Waals surface area contributed by atoms with Crippen LogP contribution in [0.5, 0.6) is 5.75 Å². The van der Waals surface area contributed by atoms with E-state index >= 15 is 0 Å². The smallest absolute Gasteiger partial charge is 0.120 e. The maximum Gasteiger partial charge on any atom is 0.120 e. The molecular formula is C23H23N3O. The Balaban J connectivity index is 1.36. The van der Waals surface area contributed by atoms with Gasteiger partial charge in [0, 0.05) is 17.8 Å². The molecule has 4 nitrogen and oxygen atoms in total. The van der Waals surface area contributed by atoms with Crippen LogP contribution in [0.3, 0.4) is 0 Å². The van der Waals surface area contributed by atoms with E-state index in [1.807, 2.05) is 24.4 Å². The predicted molar refractivity (Wildman–Crippen MR) is 109 cm³/mol. The van der Waals surface area contributed by atoms with Crippen LogP contribution in [0, 0.1) is 0 Å². The van der Waals surface area contributed by atoms with Gasteiger partial charge in [-0.1, -0.05) is 18.2 Å². The van der Waals surface area contributed by atoms with Gasteiger partial charge in [-0.2, -0.15) is 0 Å². The molecule has 27 heavy (non-hydrogen) atoms. The lowest BCUT2D eigenvalue weighted by atomic mass is 10.00. The minimum atomic E-state index is 0.650. The van der Waals surface area contributed by atoms with E-state index in [0.717, 1.165) is 49.1 Å². The summed E-state index contributed by atoms with van der Waals surface area (Å²) >= 11 is 0. The van der Waals surface area contributed by atoms with Gasteiger partial charge in [-0.05, 0) is 72.8 Å². The van der Waals surface area contributed by atoms with E-state index in [4.69, 9.17) is 4.74 Å². The van der Waals surface area contributed by atoms with E-state index < -0.39 is 0 Å². The first-order valence-electron chi connectivity index (χ1n) is 9.66. The zero-order valence-electron chi connectivity index (χ0n) is 15.3. The van der Waals surface area contributed by atoms with Gasteiger partial charge in [-0.3, -0.25) is 4.98 Å². The molecule has 0 fully saturated rings. The van der Waals surface area contributed by atoms with Crippen LogP contribution in [-0.4, -0.2) is 29.2 Å². The standard InChI is InChI=1S/C23H23N3O/c1-2-19-16-20(5-6-22(19)25-10-1)27-15-14-26-13-9-18-4-3-17-7-11-24-12-8-21(17)23(18)26/h1-6,9-10,13,16,24H,7-8,11-12,14-15H2. The molecule has 0 bridgehead atoms. The van der Waals surface area contributed by atoms with E-state index in [0.29, 0.717) is 6.61 Å². The van der Waals surface area contributed by atoms with Gasteiger partial charge in [0.15, 0.2) is 0 Å². The van der Waals surface area contributed by atoms with Crippen LogP contribution in [0.2, 0.25) is 0 Å². The molecule has 0 saturated heterocycles. The van der Waals surface area contributed by atoms with Gasteiger partial charge in [-0.25, -0.2) is 0 Å². The van der Waals surface area contributed by atoms with Crippen molar-refractivity contribution in [2.75, 3.05) is 19.7 Å². The Morgan fingerprint density at radius 2 is 1.96 bits per heavy atom. The van der Waals surface area contributed by atoms with E-state index in [-0.39, 0.29) is 0 Å². The molecule has 0 atom stereocenters. The van der Waals surface area contributed by atoms with E-state index in [1.54, 1.807) is 0 Å². The molecule has 1 aliphatic rings. The van der Waals surface area contributed by atoms with Crippen LogP contribution >= 0.6 is 0 Å². The molecule has 0 spiro atoms. The fourth-order valence-electron chi connectivity index (χ4n) is 4.08. The molecule has 4 aromatic rings. The lowest BCUT2D eigenvalue weighted by molar-refractivity contribution is 0.301. The summed E-state index contributed by atoms with van der Waals surface area (Å²) in [5.74, 6) is 0.898. The molecule has 5 rings (SSSR count). The number of nitrogens with one attached hydrogen (secondary N) is 1. The van der Waals surface area contributed by atoms with Crippen molar-refractivity contribution in [3.8, 4) is 5.75 Å². The molecule has 1 aliphatic heterocycles. The number of fused-ring (bicyclic) bond motifs is 4. The average molecular weight is 357 g/mol. The van der Waals surface area contributed by atoms with Crippen LogP contribution in [0.1, 0.15) is 11.1 Å². The van der Waals surface area contributed by atoms with Crippen molar-refractivity contribution in [2.45, 2.75) is 19.4 Å². The van der Waals surface area contributed by atoms with Gasteiger partial charge in [0.25, 0.3) is 0 Å². The monoisotopic (exact) mass is 357 g/mol. The van der Waals surface area contributed by atoms with Crippen LogP contribution in [0.25, 0.3) is 21.8 Å². The number of rotatable bonds is 4. The third kappa shape index (κ3) is 3.17. The highest BCUT2D eigenvalue weighted by Crippen LogP contribution is 2.26. The van der Waals surface area contributed by atoms with Crippen LogP contribution in [0.4, 0.5) is 0 Å². The summed E-state index contributed by atoms with van der Waals surface area (Å²) < 4.78 is 8.39. The predicted octanol–water partition coefficient (Wildman–Crippen LogP) is 3.96. The zero-order valence-corrected chi connectivity index (χ0v) is 15.3. The number of aromatic nitrogens is 2. The second-order valence-electron chi connectivity index (χ2n) is 7.11. The quantitative estimate of drug-likeness (QED) is 0.601. The third-order valence-corrected chi connectivity index (χ3v) is 5.43. The topological polar surface area (TPSA) is 39.1 Å². The number of hydrogen-bond donors (Lipinski definition) is 1. The Kier molecular flexibility index (Phi) is 4.26. The second kappa shape index (κ2) is 7.05. The fourth-order valence-corrected chi connectivity index (χ4v) is 4.08. The second-order valence-corrected chi connectivity index (χ2v) is 7.11. The van der Waals surface area contributed by atoms with E-state index in [9.17, 15) is 0 Å². The van der Waals surface area contributed by atoms with Crippen molar-refractivity contribution in [1.82, 2.24) is 14.9 Å². The van der Waals surface area contributed by atoms with Crippen molar-refractivity contribution in [2.24, 2.45) is 0 Å². The third-order valence-electron chi connectivity index (χ3n) is 5.43. The summed E-state index contributed by atoms with van der Waals surface area (Å²) in [7, 11) is 0. The summed E-state index contributed by atoms with van der Waals surface area (Å²) in [5.41, 5.74) is 5.36. The zero-order chi connectivity index (χ0) is 18.1. The highest BCUT2D eigenvalue weighted by Gasteiger charge is 2.14. The molecule has 0 saturated carbocycles. The molecule has 2 aromatic heterocycles. The molecule has 0 radical (unpaired) electrons. The summed E-state index contributed by atoms with van der Waals surface area (Å²) in [6.45, 7) is 3.62. The van der Waals surface area contributed by atoms with E-state index in [1.165, 1.54) is 22.0 Å². The molecule has 3 heterocycles. The van der Waals surface area contributed by atoms with Crippen molar-refractivity contribution in [3.63, 3.8) is 0 Å². The minimum absolute atomic E-state index is 0.650. The van der Waals surface area contributed by atoms with Crippen molar-refractivity contribution < 1.29 is 4.74 Å². The summed E-state index contributed by atoms with van der Waals surface area (Å²) in [5, 5.41) is 5.95. The molecule has 4 heteroatoms. The largest absolute Gasteiger partial charge is 0.492 e. The SMILES string of the molecule is c1cnc2ccc(OCCn3ccc4ccc5c(c43)CCNCC5)cc2c1. The first kappa shape index (κ1) is 16.3. The lowest BCUT2D eigenvalue weighted by Gasteiger charge is -2.13. The first-order valence-corrected chi connectivity index (χ1v) is 9.66. The van der Waals surface area contributed by atoms with Crippen molar-refractivity contribution >= 4 is 21.8 Å². The number of hydrogen-bond acceptors (Lipinski definition) is 3. The van der Waals surface area contributed by atoms with Gasteiger partial charge >= 0.3 is 0 Å². The maximum absolute atomic E-state index is 6.04. The maximum atomic E-state index is 6.04. The summed E-state index contributed by atoms with van der Waals surface area (Å²) in [6, 6.07) is 16.9. The van der Waals surface area contributed by atoms with Crippen molar-refractivity contribution in [1.29, 1.82) is 0 Å². The first-order chi connectivity index (χ1) is 13.4. The minimum Gasteiger partial charge on any atom is -0.492 e.